The third-order valence-electron chi connectivity index (χ3n) is 5.21. The molecule has 0 aliphatic carbocycles. The molecule has 0 aliphatic heterocycles. The number of nitrogens with zero attached hydrogens (tertiary/aromatic N) is 1. The Bertz CT molecular complexity index is 859. The van der Waals surface area contributed by atoms with Crippen molar-refractivity contribution in [2.75, 3.05) is 5.75 Å². The van der Waals surface area contributed by atoms with Crippen molar-refractivity contribution in [1.82, 2.24) is 10.2 Å². The van der Waals surface area contributed by atoms with Gasteiger partial charge >= 0.3 is 0 Å². The first-order chi connectivity index (χ1) is 14.3. The first-order valence-electron chi connectivity index (χ1n) is 10.3. The quantitative estimate of drug-likeness (QED) is 0.544. The number of nitrogens with one attached hydrogen (secondary N) is 1. The van der Waals surface area contributed by atoms with Gasteiger partial charge in [-0.3, -0.25) is 9.59 Å². The Morgan fingerprint density at radius 3 is 2.33 bits per heavy atom. The average molecular weight is 447 g/mol. The average Bonchev–Trinajstić information content (AvgIpc) is 2.73. The minimum Gasteiger partial charge on any atom is -0.352 e. The highest BCUT2D eigenvalue weighted by atomic mass is 35.5. The highest BCUT2D eigenvalue weighted by molar-refractivity contribution is 7.99. The van der Waals surface area contributed by atoms with Gasteiger partial charge in [-0.1, -0.05) is 61.0 Å². The number of thioether (sulfide) groups is 1. The molecule has 0 unspecified atom stereocenters. The fourth-order valence-electron chi connectivity index (χ4n) is 2.97. The van der Waals surface area contributed by atoms with Gasteiger partial charge in [-0.05, 0) is 49.9 Å². The van der Waals surface area contributed by atoms with Gasteiger partial charge in [0.15, 0.2) is 0 Å². The molecule has 0 fully saturated rings. The summed E-state index contributed by atoms with van der Waals surface area (Å²) in [7, 11) is 0. The molecule has 2 amide bonds. The van der Waals surface area contributed by atoms with Gasteiger partial charge in [0.25, 0.3) is 0 Å². The Balaban J connectivity index is 2.10. The fourth-order valence-corrected chi connectivity index (χ4v) is 4.16. The van der Waals surface area contributed by atoms with E-state index in [1.807, 2.05) is 69.3 Å². The van der Waals surface area contributed by atoms with Gasteiger partial charge in [-0.25, -0.2) is 0 Å². The van der Waals surface area contributed by atoms with E-state index in [-0.39, 0.29) is 23.6 Å². The standard InChI is InChI=1S/C24H31ClN2O2S/c1-5-18(3)26-24(29)19(4)27(14-20-11-7-6-10-17(20)2)23(28)16-30-15-21-12-8-9-13-22(21)25/h6-13,18-19H,5,14-16H2,1-4H3,(H,26,29)/t18-,19-/m1/s1. The Morgan fingerprint density at radius 2 is 1.70 bits per heavy atom. The number of halogens is 1. The molecule has 2 aromatic rings. The van der Waals surface area contributed by atoms with E-state index in [2.05, 4.69) is 5.32 Å². The van der Waals surface area contributed by atoms with Gasteiger partial charge in [0, 0.05) is 23.4 Å². The maximum absolute atomic E-state index is 13.1. The van der Waals surface area contributed by atoms with Gasteiger partial charge in [-0.15, -0.1) is 11.8 Å². The minimum atomic E-state index is -0.549. The SMILES string of the molecule is CC[C@@H](C)NC(=O)[C@@H](C)N(Cc1ccccc1C)C(=O)CSCc1ccccc1Cl. The smallest absolute Gasteiger partial charge is 0.242 e. The molecule has 1 N–H and O–H groups in total. The van der Waals surface area contributed by atoms with Crippen LogP contribution in [-0.2, 0) is 21.9 Å². The van der Waals surface area contributed by atoms with E-state index in [0.717, 1.165) is 23.1 Å². The second-order valence-electron chi connectivity index (χ2n) is 7.53. The van der Waals surface area contributed by atoms with E-state index in [1.165, 1.54) is 11.8 Å². The molecule has 2 atom stereocenters. The molecule has 6 heteroatoms. The van der Waals surface area contributed by atoms with Crippen LogP contribution in [0.15, 0.2) is 48.5 Å². The van der Waals surface area contributed by atoms with Crippen LogP contribution in [0.5, 0.6) is 0 Å². The van der Waals surface area contributed by atoms with Crippen LogP contribution in [0.4, 0.5) is 0 Å². The molecule has 0 spiro atoms. The highest BCUT2D eigenvalue weighted by Gasteiger charge is 2.27. The van der Waals surface area contributed by atoms with E-state index in [4.69, 9.17) is 11.6 Å². The summed E-state index contributed by atoms with van der Waals surface area (Å²) in [5.74, 6) is 0.763. The van der Waals surface area contributed by atoms with Gasteiger partial charge < -0.3 is 10.2 Å². The van der Waals surface area contributed by atoms with Crippen LogP contribution in [0.3, 0.4) is 0 Å². The lowest BCUT2D eigenvalue weighted by atomic mass is 10.1. The summed E-state index contributed by atoms with van der Waals surface area (Å²) < 4.78 is 0. The first-order valence-corrected chi connectivity index (χ1v) is 11.8. The second-order valence-corrected chi connectivity index (χ2v) is 8.92. The maximum atomic E-state index is 13.1. The number of carbonyl (C=O) groups is 2. The number of aryl methyl sites for hydroxylation is 1. The molecule has 30 heavy (non-hydrogen) atoms. The summed E-state index contributed by atoms with van der Waals surface area (Å²) in [4.78, 5) is 27.6. The van der Waals surface area contributed by atoms with Crippen LogP contribution in [0, 0.1) is 6.92 Å². The molecule has 0 bridgehead atoms. The van der Waals surface area contributed by atoms with Crippen molar-refractivity contribution in [1.29, 1.82) is 0 Å². The molecule has 162 valence electrons. The van der Waals surface area contributed by atoms with Crippen molar-refractivity contribution in [3.8, 4) is 0 Å². The van der Waals surface area contributed by atoms with Crippen LogP contribution in [0.1, 0.15) is 43.9 Å². The van der Waals surface area contributed by atoms with Gasteiger partial charge in [-0.2, -0.15) is 0 Å². The molecule has 0 aliphatic rings. The predicted molar refractivity (Wildman–Crippen MR) is 127 cm³/mol. The number of hydrogen-bond acceptors (Lipinski definition) is 3. The molecular weight excluding hydrogens is 416 g/mol. The van der Waals surface area contributed by atoms with Crippen molar-refractivity contribution in [3.63, 3.8) is 0 Å². The summed E-state index contributed by atoms with van der Waals surface area (Å²) in [6, 6.07) is 15.1. The summed E-state index contributed by atoms with van der Waals surface area (Å²) in [6.07, 6.45) is 0.845. The van der Waals surface area contributed by atoms with Crippen molar-refractivity contribution in [2.45, 2.75) is 58.5 Å². The number of benzene rings is 2. The van der Waals surface area contributed by atoms with E-state index in [9.17, 15) is 9.59 Å². The number of carbonyl (C=O) groups excluding carboxylic acids is 2. The number of hydrogen-bond donors (Lipinski definition) is 1. The monoisotopic (exact) mass is 446 g/mol. The molecule has 0 saturated heterocycles. The zero-order valence-electron chi connectivity index (χ0n) is 18.2. The highest BCUT2D eigenvalue weighted by Crippen LogP contribution is 2.22. The van der Waals surface area contributed by atoms with Crippen LogP contribution < -0.4 is 5.32 Å². The molecule has 0 saturated carbocycles. The maximum Gasteiger partial charge on any atom is 0.242 e. The lowest BCUT2D eigenvalue weighted by Gasteiger charge is -2.30. The third-order valence-corrected chi connectivity index (χ3v) is 6.55. The summed E-state index contributed by atoms with van der Waals surface area (Å²) in [5.41, 5.74) is 3.16. The van der Waals surface area contributed by atoms with Crippen molar-refractivity contribution in [2.24, 2.45) is 0 Å². The predicted octanol–water partition coefficient (Wildman–Crippen LogP) is 5.21. The van der Waals surface area contributed by atoms with Crippen LogP contribution in [0.25, 0.3) is 0 Å². The topological polar surface area (TPSA) is 49.4 Å². The second kappa shape index (κ2) is 12.0. The molecule has 4 nitrogen and oxygen atoms in total. The Kier molecular flexibility index (Phi) is 9.73. The molecule has 0 radical (unpaired) electrons. The van der Waals surface area contributed by atoms with E-state index in [0.29, 0.717) is 17.3 Å². The minimum absolute atomic E-state index is 0.0536. The normalized spacial score (nSPS) is 12.8. The van der Waals surface area contributed by atoms with Crippen LogP contribution in [-0.4, -0.2) is 34.6 Å². The van der Waals surface area contributed by atoms with Gasteiger partial charge in [0.05, 0.1) is 5.75 Å². The molecule has 2 aromatic carbocycles. The largest absolute Gasteiger partial charge is 0.352 e. The van der Waals surface area contributed by atoms with Crippen LogP contribution in [0.2, 0.25) is 5.02 Å². The number of rotatable bonds is 10. The van der Waals surface area contributed by atoms with Gasteiger partial charge in [0.1, 0.15) is 6.04 Å². The summed E-state index contributed by atoms with van der Waals surface area (Å²) in [5, 5.41) is 3.70. The van der Waals surface area contributed by atoms with Crippen molar-refractivity contribution >= 4 is 35.2 Å². The molecule has 0 aromatic heterocycles. The molecule has 0 heterocycles. The zero-order valence-corrected chi connectivity index (χ0v) is 19.7. The van der Waals surface area contributed by atoms with E-state index >= 15 is 0 Å². The molecular formula is C24H31ClN2O2S. The Hall–Kier alpha value is -1.98. The molecule has 2 rings (SSSR count). The lowest BCUT2D eigenvalue weighted by molar-refractivity contribution is -0.138. The van der Waals surface area contributed by atoms with Crippen molar-refractivity contribution < 1.29 is 9.59 Å². The summed E-state index contributed by atoms with van der Waals surface area (Å²) >= 11 is 7.73. The summed E-state index contributed by atoms with van der Waals surface area (Å²) in [6.45, 7) is 8.22. The zero-order chi connectivity index (χ0) is 22.1. The van der Waals surface area contributed by atoms with E-state index < -0.39 is 6.04 Å². The third kappa shape index (κ3) is 7.06. The van der Waals surface area contributed by atoms with E-state index in [1.54, 1.807) is 11.8 Å². The number of amides is 2. The fraction of sp³-hybridized carbons (Fsp3) is 0.417. The first kappa shape index (κ1) is 24.3. The Labute approximate surface area is 189 Å². The lowest BCUT2D eigenvalue weighted by Crippen LogP contribution is -2.50. The Morgan fingerprint density at radius 1 is 1.07 bits per heavy atom. The van der Waals surface area contributed by atoms with Crippen LogP contribution >= 0.6 is 23.4 Å². The van der Waals surface area contributed by atoms with Gasteiger partial charge in [0.2, 0.25) is 11.8 Å². The van der Waals surface area contributed by atoms with Crippen molar-refractivity contribution in [3.05, 3.63) is 70.2 Å².